The van der Waals surface area contributed by atoms with Crippen molar-refractivity contribution >= 4 is 23.2 Å². The number of anilines is 2. The summed E-state index contributed by atoms with van der Waals surface area (Å²) in [6.45, 7) is 3.10. The number of halogens is 2. The van der Waals surface area contributed by atoms with E-state index < -0.39 is 23.4 Å². The molecule has 0 spiro atoms. The summed E-state index contributed by atoms with van der Waals surface area (Å²) in [5.41, 5.74) is 3.27. The average Bonchev–Trinajstić information content (AvgIpc) is 3.17. The van der Waals surface area contributed by atoms with Crippen LogP contribution in [0.25, 0.3) is 0 Å². The minimum absolute atomic E-state index is 0.0610. The van der Waals surface area contributed by atoms with Crippen molar-refractivity contribution in [2.45, 2.75) is 31.7 Å². The molecule has 2 aromatic rings. The molecule has 8 heteroatoms. The molecule has 2 aliphatic heterocycles. The molecule has 2 N–H and O–H groups in total. The number of nitrogens with zero attached hydrogens (tertiary/aromatic N) is 2. The molecular weight excluding hydrogens is 414 g/mol. The third-order valence-corrected chi connectivity index (χ3v) is 6.29. The van der Waals surface area contributed by atoms with Gasteiger partial charge >= 0.3 is 11.8 Å². The van der Waals surface area contributed by atoms with E-state index in [2.05, 4.69) is 45.7 Å². The maximum Gasteiger partial charge on any atom is 0.313 e. The predicted molar refractivity (Wildman–Crippen MR) is 120 cm³/mol. The first-order valence-corrected chi connectivity index (χ1v) is 11.0. The summed E-state index contributed by atoms with van der Waals surface area (Å²) >= 11 is 0. The van der Waals surface area contributed by atoms with E-state index in [1.165, 1.54) is 17.7 Å². The van der Waals surface area contributed by atoms with Gasteiger partial charge in [-0.25, -0.2) is 8.78 Å². The Balaban J connectivity index is 1.46. The Labute approximate surface area is 186 Å². The van der Waals surface area contributed by atoms with Crippen LogP contribution in [0, 0.1) is 11.6 Å². The van der Waals surface area contributed by atoms with Gasteiger partial charge in [-0.2, -0.15) is 0 Å². The van der Waals surface area contributed by atoms with Gasteiger partial charge in [0.05, 0.1) is 11.7 Å². The van der Waals surface area contributed by atoms with Crippen LogP contribution in [0.5, 0.6) is 0 Å². The monoisotopic (exact) mass is 442 g/mol. The zero-order valence-electron chi connectivity index (χ0n) is 18.2. The number of carbonyl (C=O) groups is 2. The Morgan fingerprint density at radius 2 is 1.78 bits per heavy atom. The molecule has 2 aromatic carbocycles. The van der Waals surface area contributed by atoms with Gasteiger partial charge < -0.3 is 15.5 Å². The number of rotatable bonds is 5. The van der Waals surface area contributed by atoms with Gasteiger partial charge in [0.25, 0.3) is 0 Å². The number of likely N-dealkylation sites (tertiary alicyclic amines) is 1. The highest BCUT2D eigenvalue weighted by Crippen LogP contribution is 2.32. The van der Waals surface area contributed by atoms with Crippen molar-refractivity contribution in [3.05, 3.63) is 59.2 Å². The Morgan fingerprint density at radius 1 is 1.00 bits per heavy atom. The van der Waals surface area contributed by atoms with Crippen LogP contribution < -0.4 is 15.5 Å². The number of nitrogens with one attached hydrogen (secondary N) is 2. The van der Waals surface area contributed by atoms with Crippen molar-refractivity contribution in [1.82, 2.24) is 10.2 Å². The van der Waals surface area contributed by atoms with Crippen LogP contribution in [0.15, 0.2) is 36.4 Å². The highest BCUT2D eigenvalue weighted by atomic mass is 19.1. The molecule has 1 atom stereocenters. The first-order valence-electron chi connectivity index (χ1n) is 11.0. The van der Waals surface area contributed by atoms with Crippen molar-refractivity contribution in [2.24, 2.45) is 0 Å². The van der Waals surface area contributed by atoms with Crippen LogP contribution in [0.3, 0.4) is 0 Å². The summed E-state index contributed by atoms with van der Waals surface area (Å²) in [4.78, 5) is 29.3. The summed E-state index contributed by atoms with van der Waals surface area (Å²) in [5, 5.41) is 4.84. The fourth-order valence-electron chi connectivity index (χ4n) is 4.52. The van der Waals surface area contributed by atoms with Crippen molar-refractivity contribution < 1.29 is 18.4 Å². The van der Waals surface area contributed by atoms with Crippen molar-refractivity contribution in [1.29, 1.82) is 0 Å². The average molecular weight is 443 g/mol. The molecule has 4 rings (SSSR count). The van der Waals surface area contributed by atoms with Gasteiger partial charge in [0.15, 0.2) is 0 Å². The quantitative estimate of drug-likeness (QED) is 0.698. The largest absolute Gasteiger partial charge is 0.374 e. The number of likely N-dealkylation sites (N-methyl/N-ethyl adjacent to an activating group) is 1. The molecule has 0 aromatic heterocycles. The lowest BCUT2D eigenvalue weighted by Gasteiger charge is -2.35. The molecule has 0 aliphatic carbocycles. The third-order valence-electron chi connectivity index (χ3n) is 6.29. The number of piperidine rings is 1. The Morgan fingerprint density at radius 3 is 2.56 bits per heavy atom. The summed E-state index contributed by atoms with van der Waals surface area (Å²) in [6, 6.07) is 9.05. The molecule has 1 fully saturated rings. The fraction of sp³-hybridized carbons (Fsp3) is 0.417. The standard InChI is InChI=1S/C24H28F2N4O2/c1-29-12-9-17-13-16(5-8-21(17)29)22(30-10-3-2-4-11-30)15-27-23(31)24(32)28-20-14-18(25)6-7-19(20)26/h5-8,13-14,22H,2-4,9-12,15H2,1H3,(H,27,31)(H,28,32)/t22-/m1/s1. The molecule has 2 heterocycles. The lowest BCUT2D eigenvalue weighted by molar-refractivity contribution is -0.136. The fourth-order valence-corrected chi connectivity index (χ4v) is 4.52. The topological polar surface area (TPSA) is 64.7 Å². The van der Waals surface area contributed by atoms with Gasteiger partial charge in [-0.1, -0.05) is 18.6 Å². The molecule has 1 saturated heterocycles. The van der Waals surface area contributed by atoms with E-state index in [-0.39, 0.29) is 18.3 Å². The van der Waals surface area contributed by atoms with Gasteiger partial charge in [0, 0.05) is 31.9 Å². The summed E-state index contributed by atoms with van der Waals surface area (Å²) < 4.78 is 27.1. The number of amides is 2. The van der Waals surface area contributed by atoms with Gasteiger partial charge in [-0.3, -0.25) is 14.5 Å². The van der Waals surface area contributed by atoms with Crippen molar-refractivity contribution in [3.8, 4) is 0 Å². The molecule has 32 heavy (non-hydrogen) atoms. The van der Waals surface area contributed by atoms with Gasteiger partial charge in [0.2, 0.25) is 0 Å². The maximum atomic E-state index is 13.8. The van der Waals surface area contributed by atoms with E-state index in [1.807, 2.05) is 0 Å². The Kier molecular flexibility index (Phi) is 6.69. The lowest BCUT2D eigenvalue weighted by Crippen LogP contribution is -2.43. The highest BCUT2D eigenvalue weighted by Gasteiger charge is 2.26. The summed E-state index contributed by atoms with van der Waals surface area (Å²) in [7, 11) is 2.08. The molecule has 6 nitrogen and oxygen atoms in total. The minimum Gasteiger partial charge on any atom is -0.374 e. The number of hydrogen-bond acceptors (Lipinski definition) is 4. The van der Waals surface area contributed by atoms with E-state index in [9.17, 15) is 18.4 Å². The van der Waals surface area contributed by atoms with Crippen LogP contribution >= 0.6 is 0 Å². The number of benzene rings is 2. The Bertz CT molecular complexity index is 1010. The number of fused-ring (bicyclic) bond motifs is 1. The molecule has 0 bridgehead atoms. The molecule has 170 valence electrons. The molecular formula is C24H28F2N4O2. The molecule has 0 unspecified atom stereocenters. The first kappa shape index (κ1) is 22.2. The van der Waals surface area contributed by atoms with Crippen LogP contribution in [0.2, 0.25) is 0 Å². The lowest BCUT2D eigenvalue weighted by atomic mass is 9.98. The van der Waals surface area contributed by atoms with Crippen molar-refractivity contribution in [3.63, 3.8) is 0 Å². The molecule has 0 radical (unpaired) electrons. The van der Waals surface area contributed by atoms with E-state index in [4.69, 9.17) is 0 Å². The third kappa shape index (κ3) is 4.91. The Hall–Kier alpha value is -3.00. The van der Waals surface area contributed by atoms with E-state index in [0.717, 1.165) is 62.7 Å². The van der Waals surface area contributed by atoms with Crippen LogP contribution in [-0.2, 0) is 16.0 Å². The summed E-state index contributed by atoms with van der Waals surface area (Å²) in [5.74, 6) is -3.41. The first-order chi connectivity index (χ1) is 15.4. The van der Waals surface area contributed by atoms with Gasteiger partial charge in [-0.05, 0) is 61.7 Å². The minimum atomic E-state index is -1.03. The van der Waals surface area contributed by atoms with Crippen molar-refractivity contribution in [2.75, 3.05) is 43.4 Å². The second-order valence-electron chi connectivity index (χ2n) is 8.46. The summed E-state index contributed by atoms with van der Waals surface area (Å²) in [6.07, 6.45) is 4.36. The molecule has 2 amide bonds. The van der Waals surface area contributed by atoms with Crippen LogP contribution in [-0.4, -0.2) is 49.9 Å². The van der Waals surface area contributed by atoms with E-state index in [1.54, 1.807) is 0 Å². The normalized spacial score (nSPS) is 17.0. The molecule has 0 saturated carbocycles. The second-order valence-corrected chi connectivity index (χ2v) is 8.46. The zero-order chi connectivity index (χ0) is 22.7. The zero-order valence-corrected chi connectivity index (χ0v) is 18.2. The molecule has 2 aliphatic rings. The number of hydrogen-bond donors (Lipinski definition) is 2. The highest BCUT2D eigenvalue weighted by molar-refractivity contribution is 6.39. The smallest absolute Gasteiger partial charge is 0.313 e. The SMILES string of the molecule is CN1CCc2cc([C@@H](CNC(=O)C(=O)Nc3cc(F)ccc3F)N3CCCCC3)ccc21. The second kappa shape index (κ2) is 9.65. The van der Waals surface area contributed by atoms with E-state index in [0.29, 0.717) is 0 Å². The van der Waals surface area contributed by atoms with E-state index >= 15 is 0 Å². The van der Waals surface area contributed by atoms with Crippen LogP contribution in [0.1, 0.15) is 36.4 Å². The maximum absolute atomic E-state index is 13.8. The number of carbonyl (C=O) groups excluding carboxylic acids is 2. The predicted octanol–water partition coefficient (Wildman–Crippen LogP) is 3.24. The van der Waals surface area contributed by atoms with Gasteiger partial charge in [0.1, 0.15) is 11.6 Å². The van der Waals surface area contributed by atoms with Crippen LogP contribution in [0.4, 0.5) is 20.2 Å². The van der Waals surface area contributed by atoms with Gasteiger partial charge in [-0.15, -0.1) is 0 Å².